The fourth-order valence-corrected chi connectivity index (χ4v) is 4.50. The first-order chi connectivity index (χ1) is 15.4. The molecule has 0 bridgehead atoms. The van der Waals surface area contributed by atoms with Crippen molar-refractivity contribution in [2.24, 2.45) is 0 Å². The highest BCUT2D eigenvalue weighted by Gasteiger charge is 2.21. The minimum atomic E-state index is -0.0286. The predicted molar refractivity (Wildman–Crippen MR) is 129 cm³/mol. The smallest absolute Gasteiger partial charge is 0.247 e. The number of morpholine rings is 1. The van der Waals surface area contributed by atoms with Crippen molar-refractivity contribution < 1.29 is 18.7 Å². The van der Waals surface area contributed by atoms with E-state index in [0.717, 1.165) is 38.8 Å². The quantitative estimate of drug-likeness (QED) is 0.403. The van der Waals surface area contributed by atoms with E-state index in [2.05, 4.69) is 0 Å². The number of fused-ring (bicyclic) bond motifs is 1. The number of ether oxygens (including phenoxy) is 2. The number of aryl methyl sites for hydroxylation is 1. The number of nitrogens with zero attached hydrogens (tertiary/aromatic N) is 1. The Labute approximate surface area is 197 Å². The van der Waals surface area contributed by atoms with Gasteiger partial charge in [0.1, 0.15) is 11.3 Å². The molecule has 0 spiro atoms. The summed E-state index contributed by atoms with van der Waals surface area (Å²) < 4.78 is 17.3. The fourth-order valence-electron chi connectivity index (χ4n) is 3.99. The molecule has 0 radical (unpaired) electrons. The van der Waals surface area contributed by atoms with Crippen LogP contribution in [0.5, 0.6) is 5.75 Å². The van der Waals surface area contributed by atoms with Gasteiger partial charge >= 0.3 is 0 Å². The van der Waals surface area contributed by atoms with Gasteiger partial charge in [-0.3, -0.25) is 4.79 Å². The summed E-state index contributed by atoms with van der Waals surface area (Å²) in [7, 11) is 0. The van der Waals surface area contributed by atoms with Gasteiger partial charge in [-0.05, 0) is 44.5 Å². The first kappa shape index (κ1) is 22.7. The van der Waals surface area contributed by atoms with Crippen LogP contribution in [0.3, 0.4) is 0 Å². The van der Waals surface area contributed by atoms with Crippen LogP contribution >= 0.6 is 23.2 Å². The number of allylic oxidation sites excluding steroid dienone is 1. The highest BCUT2D eigenvalue weighted by Crippen LogP contribution is 2.42. The minimum absolute atomic E-state index is 0.0286. The molecule has 1 aliphatic heterocycles. The van der Waals surface area contributed by atoms with E-state index in [1.54, 1.807) is 29.4 Å². The summed E-state index contributed by atoms with van der Waals surface area (Å²) in [6.45, 7) is 8.65. The number of halogens is 2. The molecule has 1 amide bonds. The molecule has 3 aromatic rings. The lowest BCUT2D eigenvalue weighted by atomic mass is 9.96. The van der Waals surface area contributed by atoms with Crippen LogP contribution in [0.1, 0.15) is 25.0 Å². The maximum atomic E-state index is 12.8. The number of rotatable bonds is 5. The largest absolute Gasteiger partial charge is 0.493 e. The van der Waals surface area contributed by atoms with Crippen molar-refractivity contribution in [2.75, 3.05) is 32.9 Å². The molecule has 1 aromatic heterocycles. The lowest BCUT2D eigenvalue weighted by molar-refractivity contribution is -0.129. The lowest BCUT2D eigenvalue weighted by Gasteiger charge is -2.26. The number of hydrogen-bond donors (Lipinski definition) is 0. The van der Waals surface area contributed by atoms with Crippen LogP contribution < -0.4 is 4.74 Å². The second kappa shape index (κ2) is 9.57. The third kappa shape index (κ3) is 4.38. The Morgan fingerprint density at radius 2 is 1.94 bits per heavy atom. The van der Waals surface area contributed by atoms with Crippen molar-refractivity contribution in [3.05, 3.63) is 57.8 Å². The molecule has 1 aliphatic rings. The van der Waals surface area contributed by atoms with Crippen LogP contribution in [0.4, 0.5) is 0 Å². The Kier molecular flexibility index (Phi) is 6.79. The van der Waals surface area contributed by atoms with E-state index in [0.29, 0.717) is 48.7 Å². The molecular formula is C25H25Cl2NO4. The number of carbonyl (C=O) groups excluding carboxylic acids is 1. The fraction of sp³-hybridized carbons (Fsp3) is 0.320. The monoisotopic (exact) mass is 473 g/mol. The maximum absolute atomic E-state index is 12.8. The van der Waals surface area contributed by atoms with E-state index in [1.165, 1.54) is 0 Å². The first-order valence-electron chi connectivity index (χ1n) is 10.6. The number of carbonyl (C=O) groups is 1. The molecule has 0 saturated carbocycles. The van der Waals surface area contributed by atoms with Gasteiger partial charge in [-0.25, -0.2) is 0 Å². The van der Waals surface area contributed by atoms with Crippen LogP contribution in [0.2, 0.25) is 10.0 Å². The molecular weight excluding hydrogens is 449 g/mol. The summed E-state index contributed by atoms with van der Waals surface area (Å²) in [5.41, 5.74) is 4.97. The van der Waals surface area contributed by atoms with Gasteiger partial charge in [-0.1, -0.05) is 29.3 Å². The molecule has 0 aliphatic carbocycles. The van der Waals surface area contributed by atoms with Gasteiger partial charge in [-0.2, -0.15) is 0 Å². The molecule has 7 heteroatoms. The summed E-state index contributed by atoms with van der Waals surface area (Å²) in [6, 6.07) is 7.41. The van der Waals surface area contributed by atoms with Gasteiger partial charge in [0.25, 0.3) is 0 Å². The zero-order valence-electron chi connectivity index (χ0n) is 18.3. The van der Waals surface area contributed by atoms with Crippen LogP contribution in [-0.4, -0.2) is 43.7 Å². The molecule has 0 atom stereocenters. The minimum Gasteiger partial charge on any atom is -0.493 e. The summed E-state index contributed by atoms with van der Waals surface area (Å²) in [4.78, 5) is 14.6. The molecule has 0 N–H and O–H groups in total. The third-order valence-corrected chi connectivity index (χ3v) is 6.19. The van der Waals surface area contributed by atoms with Crippen molar-refractivity contribution in [3.63, 3.8) is 0 Å². The number of benzene rings is 2. The molecule has 1 saturated heterocycles. The molecule has 32 heavy (non-hydrogen) atoms. The van der Waals surface area contributed by atoms with Crippen molar-refractivity contribution >= 4 is 45.7 Å². The number of hydrogen-bond acceptors (Lipinski definition) is 4. The van der Waals surface area contributed by atoms with Crippen molar-refractivity contribution in [1.29, 1.82) is 0 Å². The molecule has 5 nitrogen and oxygen atoms in total. The standard InChI is InChI=1S/C25H25Cl2NO4/c1-4-31-24-16(3)25-20(21(14-32-25)18-6-5-17(26)12-22(18)27)13-19(24)15(2)11-23(29)28-7-9-30-10-8-28/h5-6,11-14H,4,7-10H2,1-3H3/b15-11+. The molecule has 0 unspecified atom stereocenters. The van der Waals surface area contributed by atoms with E-state index in [1.807, 2.05) is 32.9 Å². The van der Waals surface area contributed by atoms with E-state index < -0.39 is 0 Å². The second-order valence-corrected chi connectivity index (χ2v) is 8.57. The van der Waals surface area contributed by atoms with Crippen molar-refractivity contribution in [3.8, 4) is 16.9 Å². The molecule has 168 valence electrons. The maximum Gasteiger partial charge on any atom is 0.247 e. The zero-order valence-corrected chi connectivity index (χ0v) is 19.8. The van der Waals surface area contributed by atoms with Gasteiger partial charge in [0.05, 0.1) is 31.1 Å². The Morgan fingerprint density at radius 3 is 2.62 bits per heavy atom. The zero-order chi connectivity index (χ0) is 22.8. The Morgan fingerprint density at radius 1 is 1.19 bits per heavy atom. The predicted octanol–water partition coefficient (Wildman–Crippen LogP) is 6.38. The lowest BCUT2D eigenvalue weighted by Crippen LogP contribution is -2.39. The third-order valence-electron chi connectivity index (χ3n) is 5.64. The van der Waals surface area contributed by atoms with Gasteiger partial charge < -0.3 is 18.8 Å². The summed E-state index contributed by atoms with van der Waals surface area (Å²) in [5, 5.41) is 2.02. The van der Waals surface area contributed by atoms with Crippen LogP contribution in [0.15, 0.2) is 41.0 Å². The molecule has 1 fully saturated rings. The van der Waals surface area contributed by atoms with Crippen LogP contribution in [-0.2, 0) is 9.53 Å². The number of furan rings is 1. The average molecular weight is 474 g/mol. The Bertz CT molecular complexity index is 1190. The Hall–Kier alpha value is -2.47. The average Bonchev–Trinajstić information content (AvgIpc) is 3.20. The normalized spacial score (nSPS) is 14.8. The van der Waals surface area contributed by atoms with Crippen molar-refractivity contribution in [1.82, 2.24) is 4.90 Å². The summed E-state index contributed by atoms with van der Waals surface area (Å²) in [6.07, 6.45) is 3.37. The first-order valence-corrected chi connectivity index (χ1v) is 11.3. The highest BCUT2D eigenvalue weighted by atomic mass is 35.5. The molecule has 4 rings (SSSR count). The summed E-state index contributed by atoms with van der Waals surface area (Å²) in [5.74, 6) is 0.686. The van der Waals surface area contributed by atoms with E-state index >= 15 is 0 Å². The van der Waals surface area contributed by atoms with Crippen LogP contribution in [0, 0.1) is 6.92 Å². The highest BCUT2D eigenvalue weighted by molar-refractivity contribution is 6.36. The topological polar surface area (TPSA) is 51.9 Å². The van der Waals surface area contributed by atoms with Gasteiger partial charge in [0.15, 0.2) is 0 Å². The summed E-state index contributed by atoms with van der Waals surface area (Å²) >= 11 is 12.6. The van der Waals surface area contributed by atoms with E-state index in [-0.39, 0.29) is 5.91 Å². The second-order valence-electron chi connectivity index (χ2n) is 7.73. The SMILES string of the molecule is CCOc1c(/C(C)=C/C(=O)N2CCOCC2)cc2c(-c3ccc(Cl)cc3Cl)coc2c1C. The number of amides is 1. The van der Waals surface area contributed by atoms with Gasteiger partial charge in [0.2, 0.25) is 5.91 Å². The molecule has 2 aromatic carbocycles. The van der Waals surface area contributed by atoms with Gasteiger partial charge in [-0.15, -0.1) is 0 Å². The van der Waals surface area contributed by atoms with E-state index in [4.69, 9.17) is 37.1 Å². The van der Waals surface area contributed by atoms with Crippen molar-refractivity contribution in [2.45, 2.75) is 20.8 Å². The molecule has 2 heterocycles. The van der Waals surface area contributed by atoms with Crippen LogP contribution in [0.25, 0.3) is 27.7 Å². The van der Waals surface area contributed by atoms with E-state index in [9.17, 15) is 4.79 Å². The Balaban J connectivity index is 1.84. The van der Waals surface area contributed by atoms with Gasteiger partial charge in [0, 0.05) is 51.8 Å².